The van der Waals surface area contributed by atoms with Gasteiger partial charge in [-0.15, -0.1) is 5.10 Å². The van der Waals surface area contributed by atoms with Crippen molar-refractivity contribution in [2.24, 2.45) is 5.41 Å². The summed E-state index contributed by atoms with van der Waals surface area (Å²) >= 11 is 0. The lowest BCUT2D eigenvalue weighted by atomic mass is 9.76. The smallest absolute Gasteiger partial charge is 0.341 e. The van der Waals surface area contributed by atoms with Gasteiger partial charge in [0.25, 0.3) is 0 Å². The number of rotatable bonds is 3. The number of carboxylic acids is 1. The highest BCUT2D eigenvalue weighted by molar-refractivity contribution is 5.92. The summed E-state index contributed by atoms with van der Waals surface area (Å²) in [5.74, 6) is -0.850. The molecule has 1 fully saturated rings. The molecule has 0 aliphatic heterocycles. The number of aromatic nitrogens is 2. The molecule has 1 aromatic rings. The van der Waals surface area contributed by atoms with Crippen LogP contribution in [-0.2, 0) is 0 Å². The molecule has 1 heterocycles. The topological polar surface area (TPSA) is 72.3 Å². The largest absolute Gasteiger partial charge is 0.477 e. The first-order chi connectivity index (χ1) is 9.30. The van der Waals surface area contributed by atoms with E-state index in [0.717, 1.165) is 25.7 Å². The molecule has 110 valence electrons. The van der Waals surface area contributed by atoms with Gasteiger partial charge >= 0.3 is 5.97 Å². The highest BCUT2D eigenvalue weighted by atomic mass is 16.5. The number of aryl methyl sites for hydroxylation is 1. The molecule has 1 saturated carbocycles. The first kappa shape index (κ1) is 14.8. The lowest BCUT2D eigenvalue weighted by Crippen LogP contribution is -2.29. The second-order valence-corrected chi connectivity index (χ2v) is 6.38. The molecule has 20 heavy (non-hydrogen) atoms. The van der Waals surface area contributed by atoms with Crippen LogP contribution in [0.15, 0.2) is 0 Å². The lowest BCUT2D eigenvalue weighted by molar-refractivity contribution is 0.0665. The van der Waals surface area contributed by atoms with Crippen LogP contribution in [-0.4, -0.2) is 27.4 Å². The van der Waals surface area contributed by atoms with Crippen LogP contribution < -0.4 is 4.74 Å². The Hall–Kier alpha value is -1.65. The molecule has 0 saturated heterocycles. The SMILES string of the molecule is Cc1nnc(OC2CCC(C)(C)CC2)c(C(=O)O)c1C. The maximum Gasteiger partial charge on any atom is 0.341 e. The van der Waals surface area contributed by atoms with Crippen molar-refractivity contribution in [2.45, 2.75) is 59.5 Å². The van der Waals surface area contributed by atoms with E-state index in [1.165, 1.54) is 0 Å². The minimum absolute atomic E-state index is 0.0394. The van der Waals surface area contributed by atoms with Crippen molar-refractivity contribution in [3.8, 4) is 5.88 Å². The third-order valence-corrected chi connectivity index (χ3v) is 4.20. The molecule has 5 heteroatoms. The van der Waals surface area contributed by atoms with Gasteiger partial charge in [-0.25, -0.2) is 4.79 Å². The van der Waals surface area contributed by atoms with Crippen LogP contribution in [0.2, 0.25) is 0 Å². The molecule has 0 aromatic carbocycles. The molecule has 0 spiro atoms. The summed E-state index contributed by atoms with van der Waals surface area (Å²) in [5.41, 5.74) is 1.74. The van der Waals surface area contributed by atoms with E-state index in [1.807, 2.05) is 0 Å². The molecule has 0 atom stereocenters. The first-order valence-corrected chi connectivity index (χ1v) is 7.04. The van der Waals surface area contributed by atoms with Gasteiger partial charge < -0.3 is 9.84 Å². The zero-order valence-electron chi connectivity index (χ0n) is 12.6. The summed E-state index contributed by atoms with van der Waals surface area (Å²) in [6.45, 7) is 8.00. The van der Waals surface area contributed by atoms with Crippen molar-refractivity contribution in [2.75, 3.05) is 0 Å². The van der Waals surface area contributed by atoms with Crippen LogP contribution in [0.25, 0.3) is 0 Å². The fourth-order valence-electron chi connectivity index (χ4n) is 2.57. The number of hydrogen-bond acceptors (Lipinski definition) is 4. The van der Waals surface area contributed by atoms with Crippen molar-refractivity contribution in [3.63, 3.8) is 0 Å². The van der Waals surface area contributed by atoms with E-state index < -0.39 is 5.97 Å². The quantitative estimate of drug-likeness (QED) is 0.919. The van der Waals surface area contributed by atoms with E-state index in [9.17, 15) is 9.90 Å². The van der Waals surface area contributed by atoms with Gasteiger partial charge in [-0.05, 0) is 50.5 Å². The molecule has 2 rings (SSSR count). The zero-order chi connectivity index (χ0) is 14.9. The summed E-state index contributed by atoms with van der Waals surface area (Å²) in [4.78, 5) is 11.4. The predicted octanol–water partition coefficient (Wildman–Crippen LogP) is 3.14. The second kappa shape index (κ2) is 5.38. The third kappa shape index (κ3) is 3.08. The molecule has 1 aliphatic rings. The number of carboxylic acid groups (broad SMARTS) is 1. The third-order valence-electron chi connectivity index (χ3n) is 4.20. The van der Waals surface area contributed by atoms with Crippen molar-refractivity contribution in [3.05, 3.63) is 16.8 Å². The summed E-state index contributed by atoms with van der Waals surface area (Å²) in [7, 11) is 0. The monoisotopic (exact) mass is 278 g/mol. The molecular weight excluding hydrogens is 256 g/mol. The summed E-state index contributed by atoms with van der Waals surface area (Å²) in [6.07, 6.45) is 4.07. The fraction of sp³-hybridized carbons (Fsp3) is 0.667. The van der Waals surface area contributed by atoms with Gasteiger partial charge in [-0.1, -0.05) is 13.8 Å². The van der Waals surface area contributed by atoms with Crippen molar-refractivity contribution >= 4 is 5.97 Å². The second-order valence-electron chi connectivity index (χ2n) is 6.38. The molecule has 0 amide bonds. The average Bonchev–Trinajstić information content (AvgIpc) is 2.36. The number of hydrogen-bond donors (Lipinski definition) is 1. The highest BCUT2D eigenvalue weighted by Crippen LogP contribution is 2.36. The number of nitrogens with zero attached hydrogens (tertiary/aromatic N) is 2. The van der Waals surface area contributed by atoms with Gasteiger partial charge in [0.2, 0.25) is 5.88 Å². The molecule has 0 unspecified atom stereocenters. The molecule has 0 radical (unpaired) electrons. The Morgan fingerprint density at radius 2 is 1.85 bits per heavy atom. The van der Waals surface area contributed by atoms with Gasteiger partial charge in [-0.3, -0.25) is 0 Å². The molecule has 0 bridgehead atoms. The molecule has 1 N–H and O–H groups in total. The van der Waals surface area contributed by atoms with Crippen LogP contribution in [0.4, 0.5) is 0 Å². The molecule has 1 aromatic heterocycles. The molecular formula is C15H22N2O3. The van der Waals surface area contributed by atoms with Crippen LogP contribution >= 0.6 is 0 Å². The maximum absolute atomic E-state index is 11.4. The van der Waals surface area contributed by atoms with E-state index in [0.29, 0.717) is 16.7 Å². The summed E-state index contributed by atoms with van der Waals surface area (Å²) in [5, 5.41) is 17.3. The van der Waals surface area contributed by atoms with Gasteiger partial charge in [0.15, 0.2) is 0 Å². The van der Waals surface area contributed by atoms with Crippen molar-refractivity contribution in [1.82, 2.24) is 10.2 Å². The van der Waals surface area contributed by atoms with E-state index in [2.05, 4.69) is 24.0 Å². The van der Waals surface area contributed by atoms with Crippen LogP contribution in [0.3, 0.4) is 0 Å². The summed E-state index contributed by atoms with van der Waals surface area (Å²) in [6, 6.07) is 0. The summed E-state index contributed by atoms with van der Waals surface area (Å²) < 4.78 is 5.82. The van der Waals surface area contributed by atoms with Crippen LogP contribution in [0, 0.1) is 19.3 Å². The van der Waals surface area contributed by atoms with Crippen LogP contribution in [0.5, 0.6) is 5.88 Å². The standard InChI is InChI=1S/C15H22N2O3/c1-9-10(2)16-17-13(12(9)14(18)19)20-11-5-7-15(3,4)8-6-11/h11H,5-8H2,1-4H3,(H,18,19). The Kier molecular flexibility index (Phi) is 3.97. The minimum atomic E-state index is -1.01. The predicted molar refractivity (Wildman–Crippen MR) is 75.1 cm³/mol. The zero-order valence-corrected chi connectivity index (χ0v) is 12.6. The first-order valence-electron chi connectivity index (χ1n) is 7.04. The van der Waals surface area contributed by atoms with Gasteiger partial charge in [-0.2, -0.15) is 5.10 Å². The number of ether oxygens (including phenoxy) is 1. The lowest BCUT2D eigenvalue weighted by Gasteiger charge is -2.34. The number of carbonyl (C=O) groups is 1. The van der Waals surface area contributed by atoms with Gasteiger partial charge in [0, 0.05) is 0 Å². The van der Waals surface area contributed by atoms with E-state index in [1.54, 1.807) is 13.8 Å². The Labute approximate surface area is 119 Å². The Bertz CT molecular complexity index is 516. The highest BCUT2D eigenvalue weighted by Gasteiger charge is 2.29. The normalized spacial score (nSPS) is 18.8. The van der Waals surface area contributed by atoms with E-state index in [-0.39, 0.29) is 17.5 Å². The fourth-order valence-corrected chi connectivity index (χ4v) is 2.57. The Morgan fingerprint density at radius 1 is 1.25 bits per heavy atom. The van der Waals surface area contributed by atoms with Crippen molar-refractivity contribution in [1.29, 1.82) is 0 Å². The van der Waals surface area contributed by atoms with Crippen molar-refractivity contribution < 1.29 is 14.6 Å². The maximum atomic E-state index is 11.4. The van der Waals surface area contributed by atoms with Gasteiger partial charge in [0.1, 0.15) is 11.7 Å². The molecule has 5 nitrogen and oxygen atoms in total. The Balaban J connectivity index is 2.18. The Morgan fingerprint density at radius 3 is 2.40 bits per heavy atom. The number of aromatic carboxylic acids is 1. The van der Waals surface area contributed by atoms with Crippen LogP contribution in [0.1, 0.15) is 61.1 Å². The van der Waals surface area contributed by atoms with E-state index >= 15 is 0 Å². The van der Waals surface area contributed by atoms with Gasteiger partial charge in [0.05, 0.1) is 5.69 Å². The average molecular weight is 278 g/mol. The molecule has 1 aliphatic carbocycles. The van der Waals surface area contributed by atoms with E-state index in [4.69, 9.17) is 4.74 Å². The minimum Gasteiger partial charge on any atom is -0.477 e.